The Kier molecular flexibility index (Phi) is 6.86. The topological polar surface area (TPSA) is 9.23 Å². The summed E-state index contributed by atoms with van der Waals surface area (Å²) in [6, 6.07) is 8.78. The summed E-state index contributed by atoms with van der Waals surface area (Å²) in [6.45, 7) is 0. The molecule has 180 valence electrons. The average molecular weight is 482 g/mol. The van der Waals surface area contributed by atoms with Crippen molar-refractivity contribution < 1.29 is 35.5 Å². The standard InChI is InChI=1S/C26H21F7O/c27-20-11-18(17-9-7-16(8-10-17)6-5-15-3-1-2-4-15)12-21(28)24(20)26(32,33)34-19-13-22(29)25(31)23(30)14-19/h7-15H,1-6H2. The van der Waals surface area contributed by atoms with Crippen LogP contribution in [-0.2, 0) is 12.5 Å². The van der Waals surface area contributed by atoms with Gasteiger partial charge in [0.15, 0.2) is 17.5 Å². The molecular formula is C26H21F7O. The van der Waals surface area contributed by atoms with Crippen molar-refractivity contribution in [3.05, 3.63) is 88.7 Å². The Morgan fingerprint density at radius 1 is 0.735 bits per heavy atom. The fraction of sp³-hybridized carbons (Fsp3) is 0.308. The van der Waals surface area contributed by atoms with Crippen LogP contribution in [0.3, 0.4) is 0 Å². The zero-order valence-electron chi connectivity index (χ0n) is 18.0. The third-order valence-corrected chi connectivity index (χ3v) is 6.14. The first-order valence-electron chi connectivity index (χ1n) is 10.9. The van der Waals surface area contributed by atoms with Crippen LogP contribution in [0.1, 0.15) is 43.2 Å². The normalized spacial score (nSPS) is 14.6. The second-order valence-corrected chi connectivity index (χ2v) is 8.52. The van der Waals surface area contributed by atoms with Gasteiger partial charge in [-0.1, -0.05) is 49.9 Å². The molecule has 0 spiro atoms. The second kappa shape index (κ2) is 9.68. The predicted molar refractivity (Wildman–Crippen MR) is 113 cm³/mol. The molecule has 0 radical (unpaired) electrons. The number of halogens is 7. The lowest BCUT2D eigenvalue weighted by Gasteiger charge is -2.20. The van der Waals surface area contributed by atoms with Crippen LogP contribution in [0.2, 0.25) is 0 Å². The Morgan fingerprint density at radius 3 is 1.85 bits per heavy atom. The van der Waals surface area contributed by atoms with Gasteiger partial charge in [0.2, 0.25) is 0 Å². The SMILES string of the molecule is Fc1cc(OC(F)(F)c2c(F)cc(-c3ccc(CCC4CCCC4)cc3)cc2F)cc(F)c1F. The summed E-state index contributed by atoms with van der Waals surface area (Å²) in [5.41, 5.74) is -0.182. The van der Waals surface area contributed by atoms with Crippen LogP contribution < -0.4 is 4.74 Å². The lowest BCUT2D eigenvalue weighted by molar-refractivity contribution is -0.189. The molecule has 3 aromatic carbocycles. The van der Waals surface area contributed by atoms with Crippen molar-refractivity contribution in [2.45, 2.75) is 44.6 Å². The molecule has 0 N–H and O–H groups in total. The maximum Gasteiger partial charge on any atom is 0.432 e. The molecular weight excluding hydrogens is 461 g/mol. The van der Waals surface area contributed by atoms with Crippen LogP contribution in [0.5, 0.6) is 5.75 Å². The zero-order chi connectivity index (χ0) is 24.5. The minimum Gasteiger partial charge on any atom is -0.429 e. The summed E-state index contributed by atoms with van der Waals surface area (Å²) in [6.07, 6.45) is 2.35. The van der Waals surface area contributed by atoms with E-state index in [2.05, 4.69) is 4.74 Å². The van der Waals surface area contributed by atoms with E-state index < -0.39 is 46.5 Å². The molecule has 4 rings (SSSR count). The minimum atomic E-state index is -4.62. The fourth-order valence-corrected chi connectivity index (χ4v) is 4.34. The molecule has 1 aliphatic carbocycles. The van der Waals surface area contributed by atoms with Gasteiger partial charge in [0.1, 0.15) is 22.9 Å². The summed E-state index contributed by atoms with van der Waals surface area (Å²) >= 11 is 0. The molecule has 0 aliphatic heterocycles. The van der Waals surface area contributed by atoms with E-state index in [0.29, 0.717) is 5.56 Å². The Labute approximate surface area is 192 Å². The maximum atomic E-state index is 14.6. The molecule has 0 aromatic heterocycles. The molecule has 0 bridgehead atoms. The van der Waals surface area contributed by atoms with E-state index in [4.69, 9.17) is 0 Å². The van der Waals surface area contributed by atoms with Crippen LogP contribution in [0.4, 0.5) is 30.7 Å². The molecule has 0 atom stereocenters. The number of hydrogen-bond acceptors (Lipinski definition) is 1. The summed E-state index contributed by atoms with van der Waals surface area (Å²) < 4.78 is 102. The van der Waals surface area contributed by atoms with Gasteiger partial charge in [-0.3, -0.25) is 0 Å². The van der Waals surface area contributed by atoms with E-state index in [-0.39, 0.29) is 17.7 Å². The zero-order valence-corrected chi connectivity index (χ0v) is 18.0. The highest BCUT2D eigenvalue weighted by Crippen LogP contribution is 2.38. The molecule has 1 fully saturated rings. The summed E-state index contributed by atoms with van der Waals surface area (Å²) in [7, 11) is 0. The van der Waals surface area contributed by atoms with Gasteiger partial charge in [-0.05, 0) is 47.6 Å². The lowest BCUT2D eigenvalue weighted by atomic mass is 9.96. The number of ether oxygens (including phenoxy) is 1. The monoisotopic (exact) mass is 482 g/mol. The summed E-state index contributed by atoms with van der Waals surface area (Å²) in [5, 5.41) is 0. The van der Waals surface area contributed by atoms with Crippen molar-refractivity contribution in [2.24, 2.45) is 5.92 Å². The highest BCUT2D eigenvalue weighted by atomic mass is 19.3. The molecule has 0 heterocycles. The van der Waals surface area contributed by atoms with Crippen molar-refractivity contribution in [3.63, 3.8) is 0 Å². The van der Waals surface area contributed by atoms with E-state index >= 15 is 0 Å². The number of aryl methyl sites for hydroxylation is 1. The molecule has 0 saturated heterocycles. The van der Waals surface area contributed by atoms with Crippen molar-refractivity contribution in [1.82, 2.24) is 0 Å². The Hall–Kier alpha value is -3.03. The van der Waals surface area contributed by atoms with E-state index in [1.165, 1.54) is 25.7 Å². The van der Waals surface area contributed by atoms with Crippen LogP contribution in [0.15, 0.2) is 48.5 Å². The molecule has 1 nitrogen and oxygen atoms in total. The van der Waals surface area contributed by atoms with Gasteiger partial charge in [0.25, 0.3) is 0 Å². The number of hydrogen-bond donors (Lipinski definition) is 0. The van der Waals surface area contributed by atoms with Crippen LogP contribution in [-0.4, -0.2) is 0 Å². The van der Waals surface area contributed by atoms with Crippen LogP contribution >= 0.6 is 0 Å². The summed E-state index contributed by atoms with van der Waals surface area (Å²) in [5.74, 6) is -9.06. The maximum absolute atomic E-state index is 14.6. The third kappa shape index (κ3) is 5.21. The van der Waals surface area contributed by atoms with Gasteiger partial charge in [0, 0.05) is 12.1 Å². The van der Waals surface area contributed by atoms with Gasteiger partial charge >= 0.3 is 6.11 Å². The van der Waals surface area contributed by atoms with Crippen molar-refractivity contribution >= 4 is 0 Å². The van der Waals surface area contributed by atoms with Gasteiger partial charge in [-0.2, -0.15) is 8.78 Å². The number of rotatable bonds is 7. The van der Waals surface area contributed by atoms with Crippen LogP contribution in [0, 0.1) is 35.0 Å². The Bertz CT molecular complexity index is 1120. The van der Waals surface area contributed by atoms with Gasteiger partial charge in [-0.15, -0.1) is 0 Å². The lowest BCUT2D eigenvalue weighted by Crippen LogP contribution is -2.25. The molecule has 3 aromatic rings. The first-order chi connectivity index (χ1) is 16.1. The van der Waals surface area contributed by atoms with Gasteiger partial charge in [0.05, 0.1) is 0 Å². The molecule has 1 aliphatic rings. The van der Waals surface area contributed by atoms with Crippen LogP contribution in [0.25, 0.3) is 11.1 Å². The van der Waals surface area contributed by atoms with E-state index in [9.17, 15) is 30.7 Å². The predicted octanol–water partition coefficient (Wildman–Crippen LogP) is 8.30. The Morgan fingerprint density at radius 2 is 1.29 bits per heavy atom. The fourth-order valence-electron chi connectivity index (χ4n) is 4.34. The molecule has 34 heavy (non-hydrogen) atoms. The first kappa shape index (κ1) is 24.1. The molecule has 0 amide bonds. The summed E-state index contributed by atoms with van der Waals surface area (Å²) in [4.78, 5) is 0. The van der Waals surface area contributed by atoms with Gasteiger partial charge in [-0.25, -0.2) is 22.0 Å². The highest BCUT2D eigenvalue weighted by molar-refractivity contribution is 5.64. The molecule has 8 heteroatoms. The quantitative estimate of drug-likeness (QED) is 0.243. The number of benzene rings is 3. The smallest absolute Gasteiger partial charge is 0.429 e. The van der Waals surface area contributed by atoms with Crippen molar-refractivity contribution in [3.8, 4) is 16.9 Å². The largest absolute Gasteiger partial charge is 0.432 e. The third-order valence-electron chi connectivity index (χ3n) is 6.14. The Balaban J connectivity index is 1.53. The molecule has 0 unspecified atom stereocenters. The van der Waals surface area contributed by atoms with E-state index in [1.807, 2.05) is 12.1 Å². The van der Waals surface area contributed by atoms with E-state index in [0.717, 1.165) is 36.5 Å². The van der Waals surface area contributed by atoms with E-state index in [1.54, 1.807) is 12.1 Å². The minimum absolute atomic E-state index is 0.0377. The second-order valence-electron chi connectivity index (χ2n) is 8.52. The average Bonchev–Trinajstić information content (AvgIpc) is 3.29. The molecule has 1 saturated carbocycles. The van der Waals surface area contributed by atoms with Gasteiger partial charge < -0.3 is 4.74 Å². The highest BCUT2D eigenvalue weighted by Gasteiger charge is 2.41. The number of alkyl halides is 2. The first-order valence-corrected chi connectivity index (χ1v) is 10.9. The van der Waals surface area contributed by atoms with Crippen molar-refractivity contribution in [2.75, 3.05) is 0 Å². The van der Waals surface area contributed by atoms with Crippen molar-refractivity contribution in [1.29, 1.82) is 0 Å².